The summed E-state index contributed by atoms with van der Waals surface area (Å²) in [4.78, 5) is 15.7. The van der Waals surface area contributed by atoms with Gasteiger partial charge in [0.1, 0.15) is 12.1 Å². The fourth-order valence-electron chi connectivity index (χ4n) is 3.37. The van der Waals surface area contributed by atoms with Crippen LogP contribution in [0.4, 0.5) is 11.5 Å². The van der Waals surface area contributed by atoms with E-state index in [2.05, 4.69) is 80.1 Å². The zero-order valence-corrected chi connectivity index (χ0v) is 18.7. The number of aromatic nitrogens is 4. The number of benzene rings is 1. The van der Waals surface area contributed by atoms with Crippen molar-refractivity contribution in [1.29, 1.82) is 0 Å². The van der Waals surface area contributed by atoms with E-state index in [9.17, 15) is 0 Å². The van der Waals surface area contributed by atoms with Crippen molar-refractivity contribution in [3.05, 3.63) is 42.9 Å². The number of aryl methyl sites for hydroxylation is 1. The highest BCUT2D eigenvalue weighted by molar-refractivity contribution is 5.86. The Labute approximate surface area is 184 Å². The highest BCUT2D eigenvalue weighted by Gasteiger charge is 2.07. The number of nitrogens with zero attached hydrogens (tertiary/aromatic N) is 6. The fraction of sp³-hybridized carbons (Fsp3) is 0.455. The van der Waals surface area contributed by atoms with Crippen molar-refractivity contribution < 1.29 is 0 Å². The molecule has 0 bridgehead atoms. The Morgan fingerprint density at radius 3 is 2.71 bits per heavy atom. The van der Waals surface area contributed by atoms with Gasteiger partial charge in [-0.05, 0) is 32.4 Å². The number of guanidine groups is 1. The minimum Gasteiger partial charge on any atom is -0.372 e. The second-order valence-electron chi connectivity index (χ2n) is 7.11. The van der Waals surface area contributed by atoms with Crippen LogP contribution in [-0.4, -0.2) is 65.0 Å². The Morgan fingerprint density at radius 2 is 1.94 bits per heavy atom. The molecule has 2 heterocycles. The van der Waals surface area contributed by atoms with Crippen LogP contribution in [-0.2, 0) is 7.05 Å². The Morgan fingerprint density at radius 1 is 1.10 bits per heavy atom. The van der Waals surface area contributed by atoms with E-state index in [4.69, 9.17) is 4.99 Å². The quantitative estimate of drug-likeness (QED) is 0.247. The molecule has 0 unspecified atom stereocenters. The first kappa shape index (κ1) is 22.3. The number of fused-ring (bicyclic) bond motifs is 1. The average molecular weight is 424 g/mol. The molecule has 3 rings (SSSR count). The van der Waals surface area contributed by atoms with Crippen LogP contribution >= 0.6 is 0 Å². The normalized spacial score (nSPS) is 11.5. The lowest BCUT2D eigenvalue weighted by Gasteiger charge is -2.22. The Hall–Kier alpha value is -3.36. The summed E-state index contributed by atoms with van der Waals surface area (Å²) in [6, 6.07) is 10.5. The Balaban J connectivity index is 1.44. The van der Waals surface area contributed by atoms with E-state index in [1.807, 2.05) is 7.05 Å². The Kier molecular flexibility index (Phi) is 8.45. The molecule has 1 aromatic carbocycles. The smallest absolute Gasteiger partial charge is 0.191 e. The third-order valence-corrected chi connectivity index (χ3v) is 4.94. The minimum atomic E-state index is 0.711. The summed E-state index contributed by atoms with van der Waals surface area (Å²) in [6.07, 6.45) is 4.34. The third kappa shape index (κ3) is 6.31. The maximum absolute atomic E-state index is 4.71. The molecule has 0 aliphatic carbocycles. The maximum atomic E-state index is 4.71. The first-order valence-electron chi connectivity index (χ1n) is 10.9. The van der Waals surface area contributed by atoms with Gasteiger partial charge in [0.15, 0.2) is 11.6 Å². The van der Waals surface area contributed by atoms with Gasteiger partial charge in [0.25, 0.3) is 0 Å². The van der Waals surface area contributed by atoms with Crippen molar-refractivity contribution in [2.24, 2.45) is 12.0 Å². The van der Waals surface area contributed by atoms with Crippen LogP contribution < -0.4 is 20.9 Å². The number of hydrogen-bond donors (Lipinski definition) is 3. The van der Waals surface area contributed by atoms with E-state index in [0.29, 0.717) is 6.54 Å². The molecule has 0 atom stereocenters. The van der Waals surface area contributed by atoms with Crippen LogP contribution in [0.1, 0.15) is 20.3 Å². The standard InChI is InChI=1S/C22H33N9/c1-4-23-22(25-12-9-15-31(5-2)18-10-7-6-8-11-18)26-14-13-24-20-19-16-29-30(3)21(19)28-17-27-20/h6-8,10-11,16-17H,4-5,9,12-15H2,1-3H3,(H2,23,25,26)(H,24,27,28). The zero-order chi connectivity index (χ0) is 21.9. The summed E-state index contributed by atoms with van der Waals surface area (Å²) < 4.78 is 1.74. The van der Waals surface area contributed by atoms with E-state index in [-0.39, 0.29) is 0 Å². The summed E-state index contributed by atoms with van der Waals surface area (Å²) in [5.74, 6) is 1.63. The molecule has 0 saturated carbocycles. The molecular weight excluding hydrogens is 390 g/mol. The molecule has 0 amide bonds. The van der Waals surface area contributed by atoms with Crippen molar-refractivity contribution in [3.63, 3.8) is 0 Å². The molecule has 3 aromatic rings. The predicted octanol–water partition coefficient (Wildman–Crippen LogP) is 2.25. The number of hydrogen-bond acceptors (Lipinski definition) is 6. The lowest BCUT2D eigenvalue weighted by atomic mass is 10.2. The van der Waals surface area contributed by atoms with Crippen LogP contribution in [0.2, 0.25) is 0 Å². The van der Waals surface area contributed by atoms with Crippen molar-refractivity contribution in [2.45, 2.75) is 20.3 Å². The van der Waals surface area contributed by atoms with Gasteiger partial charge in [0.2, 0.25) is 0 Å². The summed E-state index contributed by atoms with van der Waals surface area (Å²) in [5.41, 5.74) is 2.08. The van der Waals surface area contributed by atoms with E-state index in [1.54, 1.807) is 17.2 Å². The van der Waals surface area contributed by atoms with Gasteiger partial charge < -0.3 is 20.9 Å². The summed E-state index contributed by atoms with van der Waals surface area (Å²) in [6.45, 7) is 9.27. The molecule has 2 aromatic heterocycles. The molecule has 9 heteroatoms. The molecule has 166 valence electrons. The van der Waals surface area contributed by atoms with Gasteiger partial charge in [-0.25, -0.2) is 9.97 Å². The lowest BCUT2D eigenvalue weighted by molar-refractivity contribution is 0.743. The number of rotatable bonds is 11. The van der Waals surface area contributed by atoms with Crippen LogP contribution in [0.15, 0.2) is 47.8 Å². The van der Waals surface area contributed by atoms with E-state index >= 15 is 0 Å². The van der Waals surface area contributed by atoms with Crippen molar-refractivity contribution >= 4 is 28.5 Å². The van der Waals surface area contributed by atoms with E-state index in [0.717, 1.165) is 62.0 Å². The largest absolute Gasteiger partial charge is 0.372 e. The topological polar surface area (TPSA) is 95.3 Å². The Bertz CT molecular complexity index is 952. The van der Waals surface area contributed by atoms with Crippen molar-refractivity contribution in [3.8, 4) is 0 Å². The molecule has 0 saturated heterocycles. The van der Waals surface area contributed by atoms with Crippen LogP contribution in [0.5, 0.6) is 0 Å². The summed E-state index contributed by atoms with van der Waals surface area (Å²) in [5, 5.41) is 15.2. The molecular formula is C22H33N9. The molecule has 9 nitrogen and oxygen atoms in total. The summed E-state index contributed by atoms with van der Waals surface area (Å²) >= 11 is 0. The van der Waals surface area contributed by atoms with Gasteiger partial charge in [-0.1, -0.05) is 18.2 Å². The molecule has 0 aliphatic heterocycles. The number of nitrogens with one attached hydrogen (secondary N) is 3. The molecule has 0 fully saturated rings. The highest BCUT2D eigenvalue weighted by Crippen LogP contribution is 2.17. The number of para-hydroxylation sites is 1. The monoisotopic (exact) mass is 423 g/mol. The average Bonchev–Trinajstić information content (AvgIpc) is 3.18. The minimum absolute atomic E-state index is 0.711. The second kappa shape index (κ2) is 11.7. The highest BCUT2D eigenvalue weighted by atomic mass is 15.3. The van der Waals surface area contributed by atoms with Gasteiger partial charge in [-0.2, -0.15) is 5.10 Å². The van der Waals surface area contributed by atoms with E-state index in [1.165, 1.54) is 5.69 Å². The van der Waals surface area contributed by atoms with Crippen LogP contribution in [0, 0.1) is 0 Å². The molecule has 0 aliphatic rings. The van der Waals surface area contributed by atoms with Gasteiger partial charge in [-0.15, -0.1) is 0 Å². The van der Waals surface area contributed by atoms with Gasteiger partial charge in [0, 0.05) is 52.0 Å². The lowest BCUT2D eigenvalue weighted by Crippen LogP contribution is -2.39. The fourth-order valence-corrected chi connectivity index (χ4v) is 3.37. The summed E-state index contributed by atoms with van der Waals surface area (Å²) in [7, 11) is 1.87. The molecule has 0 radical (unpaired) electrons. The SMILES string of the molecule is CCNC(=NCCCN(CC)c1ccccc1)NCCNc1ncnc2c1cnn2C. The predicted molar refractivity (Wildman–Crippen MR) is 128 cm³/mol. The first-order chi connectivity index (χ1) is 15.2. The third-order valence-electron chi connectivity index (χ3n) is 4.94. The number of aliphatic imine (C=N–C) groups is 1. The van der Waals surface area contributed by atoms with Gasteiger partial charge in [0.05, 0.1) is 11.6 Å². The van der Waals surface area contributed by atoms with E-state index < -0.39 is 0 Å². The second-order valence-corrected chi connectivity index (χ2v) is 7.11. The van der Waals surface area contributed by atoms with Crippen LogP contribution in [0.3, 0.4) is 0 Å². The maximum Gasteiger partial charge on any atom is 0.191 e. The van der Waals surface area contributed by atoms with Crippen LogP contribution in [0.25, 0.3) is 11.0 Å². The number of anilines is 2. The first-order valence-corrected chi connectivity index (χ1v) is 10.9. The molecule has 3 N–H and O–H groups in total. The molecule has 0 spiro atoms. The molecule has 31 heavy (non-hydrogen) atoms. The van der Waals surface area contributed by atoms with Gasteiger partial charge in [-0.3, -0.25) is 9.67 Å². The van der Waals surface area contributed by atoms with Crippen molar-refractivity contribution in [1.82, 2.24) is 30.4 Å². The van der Waals surface area contributed by atoms with Crippen molar-refractivity contribution in [2.75, 3.05) is 49.5 Å². The van der Waals surface area contributed by atoms with Gasteiger partial charge >= 0.3 is 0 Å². The zero-order valence-electron chi connectivity index (χ0n) is 18.7.